The van der Waals surface area contributed by atoms with Crippen molar-refractivity contribution in [1.82, 2.24) is 14.8 Å². The zero-order valence-corrected chi connectivity index (χ0v) is 11.5. The Bertz CT molecular complexity index is 766. The Labute approximate surface area is 120 Å². The largest absolute Gasteiger partial charge is 0.416 e. The second kappa shape index (κ2) is 4.59. The lowest BCUT2D eigenvalue weighted by molar-refractivity contribution is -0.137. The van der Waals surface area contributed by atoms with E-state index in [0.717, 1.165) is 16.6 Å². The minimum atomic E-state index is -4.37. The molecular formula is C13H7BrF3N3. The Morgan fingerprint density at radius 2 is 1.90 bits per heavy atom. The van der Waals surface area contributed by atoms with Gasteiger partial charge in [0.25, 0.3) is 0 Å². The summed E-state index contributed by atoms with van der Waals surface area (Å²) >= 11 is 3.35. The molecule has 0 saturated heterocycles. The number of fused-ring (bicyclic) bond motifs is 1. The number of aromatic nitrogens is 3. The lowest BCUT2D eigenvalue weighted by Crippen LogP contribution is -2.04. The van der Waals surface area contributed by atoms with E-state index in [9.17, 15) is 13.2 Å². The monoisotopic (exact) mass is 341 g/mol. The normalized spacial score (nSPS) is 12.0. The number of alkyl halides is 3. The van der Waals surface area contributed by atoms with Gasteiger partial charge >= 0.3 is 6.18 Å². The average Bonchev–Trinajstić information content (AvgIpc) is 2.76. The first-order valence-electron chi connectivity index (χ1n) is 5.62. The predicted molar refractivity (Wildman–Crippen MR) is 71.6 cm³/mol. The summed E-state index contributed by atoms with van der Waals surface area (Å²) in [5, 5.41) is 8.10. The van der Waals surface area contributed by atoms with Crippen LogP contribution in [0.5, 0.6) is 0 Å². The van der Waals surface area contributed by atoms with Crippen molar-refractivity contribution in [2.45, 2.75) is 6.18 Å². The Balaban J connectivity index is 2.28. The first kappa shape index (κ1) is 13.1. The molecule has 2 heterocycles. The minimum Gasteiger partial charge on any atom is -0.314 e. The maximum absolute atomic E-state index is 12.8. The zero-order valence-electron chi connectivity index (χ0n) is 9.89. The van der Waals surface area contributed by atoms with Crippen LogP contribution in [-0.4, -0.2) is 14.8 Å². The molecule has 0 saturated carbocycles. The smallest absolute Gasteiger partial charge is 0.314 e. The zero-order chi connectivity index (χ0) is 14.3. The summed E-state index contributed by atoms with van der Waals surface area (Å²) in [5.74, 6) is 0. The van der Waals surface area contributed by atoms with Crippen molar-refractivity contribution >= 4 is 26.8 Å². The molecule has 0 N–H and O–H groups in total. The summed E-state index contributed by atoms with van der Waals surface area (Å²) in [7, 11) is 0. The van der Waals surface area contributed by atoms with E-state index < -0.39 is 11.7 Å². The first-order chi connectivity index (χ1) is 9.47. The van der Waals surface area contributed by atoms with Crippen molar-refractivity contribution in [3.05, 3.63) is 52.9 Å². The van der Waals surface area contributed by atoms with E-state index >= 15 is 0 Å². The van der Waals surface area contributed by atoms with Gasteiger partial charge in [0, 0.05) is 16.1 Å². The molecule has 0 amide bonds. The van der Waals surface area contributed by atoms with E-state index in [2.05, 4.69) is 26.1 Å². The van der Waals surface area contributed by atoms with Gasteiger partial charge in [0.05, 0.1) is 29.2 Å². The van der Waals surface area contributed by atoms with Crippen LogP contribution in [0.4, 0.5) is 13.2 Å². The van der Waals surface area contributed by atoms with E-state index in [0.29, 0.717) is 16.6 Å². The molecule has 0 bridgehead atoms. The number of rotatable bonds is 1. The lowest BCUT2D eigenvalue weighted by atomic mass is 10.1. The number of halogens is 4. The third kappa shape index (κ3) is 2.18. The van der Waals surface area contributed by atoms with E-state index in [1.54, 1.807) is 16.8 Å². The Morgan fingerprint density at radius 1 is 1.10 bits per heavy atom. The van der Waals surface area contributed by atoms with Crippen LogP contribution in [0.3, 0.4) is 0 Å². The fourth-order valence-electron chi connectivity index (χ4n) is 2.00. The van der Waals surface area contributed by atoms with Crippen LogP contribution >= 0.6 is 15.9 Å². The Morgan fingerprint density at radius 3 is 2.55 bits per heavy atom. The van der Waals surface area contributed by atoms with Gasteiger partial charge in [0.15, 0.2) is 0 Å². The molecule has 7 heteroatoms. The van der Waals surface area contributed by atoms with Gasteiger partial charge in [0.1, 0.15) is 0 Å². The molecule has 0 aliphatic rings. The molecule has 3 nitrogen and oxygen atoms in total. The molecule has 0 atom stereocenters. The fraction of sp³-hybridized carbons (Fsp3) is 0.0769. The maximum Gasteiger partial charge on any atom is 0.416 e. The molecule has 102 valence electrons. The third-order valence-electron chi connectivity index (χ3n) is 2.93. The Hall–Kier alpha value is -1.89. The second-order valence-electron chi connectivity index (χ2n) is 4.18. The van der Waals surface area contributed by atoms with Gasteiger partial charge in [0.2, 0.25) is 0 Å². The van der Waals surface area contributed by atoms with Crippen molar-refractivity contribution in [2.24, 2.45) is 0 Å². The highest BCUT2D eigenvalue weighted by molar-refractivity contribution is 9.10. The molecule has 0 aliphatic carbocycles. The molecule has 3 rings (SSSR count). The molecule has 0 aliphatic heterocycles. The van der Waals surface area contributed by atoms with Crippen molar-refractivity contribution in [2.75, 3.05) is 0 Å². The van der Waals surface area contributed by atoms with Crippen LogP contribution < -0.4 is 0 Å². The fourth-order valence-corrected chi connectivity index (χ4v) is 2.54. The summed E-state index contributed by atoms with van der Waals surface area (Å²) in [4.78, 5) is 0. The highest BCUT2D eigenvalue weighted by Crippen LogP contribution is 2.35. The van der Waals surface area contributed by atoms with Crippen molar-refractivity contribution in [1.29, 1.82) is 0 Å². The van der Waals surface area contributed by atoms with E-state index in [1.807, 2.05) is 0 Å². The van der Waals surface area contributed by atoms with Crippen LogP contribution in [0.15, 0.2) is 47.3 Å². The van der Waals surface area contributed by atoms with Crippen molar-refractivity contribution < 1.29 is 13.2 Å². The Kier molecular flexibility index (Phi) is 3.01. The van der Waals surface area contributed by atoms with Gasteiger partial charge in [-0.3, -0.25) is 0 Å². The van der Waals surface area contributed by atoms with Gasteiger partial charge < -0.3 is 4.57 Å². The van der Waals surface area contributed by atoms with Crippen LogP contribution in [0, 0.1) is 0 Å². The molecule has 0 unspecified atom stereocenters. The van der Waals surface area contributed by atoms with E-state index in [4.69, 9.17) is 0 Å². The van der Waals surface area contributed by atoms with Gasteiger partial charge in [-0.15, -0.1) is 0 Å². The highest BCUT2D eigenvalue weighted by Gasteiger charge is 2.31. The average molecular weight is 342 g/mol. The minimum absolute atomic E-state index is 0.458. The van der Waals surface area contributed by atoms with Gasteiger partial charge in [-0.05, 0) is 34.1 Å². The summed E-state index contributed by atoms with van der Waals surface area (Å²) in [5.41, 5.74) is 0.425. The molecule has 2 aromatic heterocycles. The number of hydrogen-bond donors (Lipinski definition) is 0. The molecule has 0 radical (unpaired) electrons. The van der Waals surface area contributed by atoms with Crippen LogP contribution in [0.25, 0.3) is 16.6 Å². The molecule has 20 heavy (non-hydrogen) atoms. The molecule has 0 fully saturated rings. The quantitative estimate of drug-likeness (QED) is 0.664. The third-order valence-corrected chi connectivity index (χ3v) is 3.56. The maximum atomic E-state index is 12.8. The molecule has 1 aromatic carbocycles. The standard InChI is InChI=1S/C13H7BrF3N3/c14-11-7-20(9-3-4-18-19-6-9)12-5-8(13(15,16)17)1-2-10(11)12/h1-7H. The number of hydrogen-bond acceptors (Lipinski definition) is 2. The van der Waals surface area contributed by atoms with E-state index in [1.165, 1.54) is 18.5 Å². The summed E-state index contributed by atoms with van der Waals surface area (Å²) in [6.07, 6.45) is 0.322. The lowest BCUT2D eigenvalue weighted by Gasteiger charge is -2.08. The van der Waals surface area contributed by atoms with Gasteiger partial charge in [-0.25, -0.2) is 0 Å². The predicted octanol–water partition coefficient (Wildman–Crippen LogP) is 4.20. The van der Waals surface area contributed by atoms with Crippen molar-refractivity contribution in [3.8, 4) is 5.69 Å². The van der Waals surface area contributed by atoms with Crippen LogP contribution in [0.1, 0.15) is 5.56 Å². The van der Waals surface area contributed by atoms with Crippen LogP contribution in [-0.2, 0) is 6.18 Å². The number of benzene rings is 1. The molecular weight excluding hydrogens is 335 g/mol. The summed E-state index contributed by atoms with van der Waals surface area (Å²) in [6, 6.07) is 5.33. The molecule has 0 spiro atoms. The highest BCUT2D eigenvalue weighted by atomic mass is 79.9. The first-order valence-corrected chi connectivity index (χ1v) is 6.41. The summed E-state index contributed by atoms with van der Waals surface area (Å²) < 4.78 is 40.8. The van der Waals surface area contributed by atoms with Crippen LogP contribution in [0.2, 0.25) is 0 Å². The molecule has 3 aromatic rings. The second-order valence-corrected chi connectivity index (χ2v) is 5.03. The van der Waals surface area contributed by atoms with Gasteiger partial charge in [-0.2, -0.15) is 23.4 Å². The van der Waals surface area contributed by atoms with Gasteiger partial charge in [-0.1, -0.05) is 6.07 Å². The van der Waals surface area contributed by atoms with E-state index in [-0.39, 0.29) is 0 Å². The summed E-state index contributed by atoms with van der Waals surface area (Å²) in [6.45, 7) is 0. The topological polar surface area (TPSA) is 30.7 Å². The van der Waals surface area contributed by atoms with Crippen molar-refractivity contribution in [3.63, 3.8) is 0 Å². The SMILES string of the molecule is FC(F)(F)c1ccc2c(Br)cn(-c3ccnnc3)c2c1. The number of nitrogens with zero attached hydrogens (tertiary/aromatic N) is 3.